The number of hydrogen-bond acceptors (Lipinski definition) is 5. The maximum atomic E-state index is 12.9. The first-order valence-electron chi connectivity index (χ1n) is 11.7. The Morgan fingerprint density at radius 2 is 1.66 bits per heavy atom. The topological polar surface area (TPSA) is 87.0 Å². The highest BCUT2D eigenvalue weighted by Crippen LogP contribution is 2.36. The number of benzene rings is 1. The van der Waals surface area contributed by atoms with Crippen molar-refractivity contribution in [2.45, 2.75) is 72.1 Å². The Kier molecular flexibility index (Phi) is 7.64. The number of rotatable bonds is 9. The minimum Gasteiger partial charge on any atom is -0.511 e. The molecule has 1 aliphatic heterocycles. The summed E-state index contributed by atoms with van der Waals surface area (Å²) in [5, 5.41) is 10.8. The van der Waals surface area contributed by atoms with Crippen LogP contribution in [0.5, 0.6) is 0 Å². The number of allylic oxidation sites excluding steroid dienone is 2. The number of aliphatic hydroxyl groups is 1. The summed E-state index contributed by atoms with van der Waals surface area (Å²) in [7, 11) is 0. The van der Waals surface area contributed by atoms with E-state index in [0.717, 1.165) is 19.3 Å². The number of carbonyl (C=O) groups excluding carboxylic acids is 3. The van der Waals surface area contributed by atoms with Gasteiger partial charge < -0.3 is 5.11 Å². The molecule has 172 valence electrons. The minimum atomic E-state index is -0.303. The SMILES string of the molecule is CCCCCCN=C1CC(C)(C)CC(=O)/C1=C(/O)CCCN1C(=O)c2ccccc2C1=O. The third-order valence-electron chi connectivity index (χ3n) is 6.13. The van der Waals surface area contributed by atoms with Crippen LogP contribution in [-0.4, -0.2) is 46.4 Å². The number of amides is 2. The molecule has 6 nitrogen and oxygen atoms in total. The number of aliphatic hydroxyl groups excluding tert-OH is 1. The van der Waals surface area contributed by atoms with Gasteiger partial charge in [0.25, 0.3) is 11.8 Å². The van der Waals surface area contributed by atoms with Crippen molar-refractivity contribution in [1.82, 2.24) is 4.90 Å². The Bertz CT molecular complexity index is 923. The van der Waals surface area contributed by atoms with E-state index in [0.29, 0.717) is 48.2 Å². The molecule has 32 heavy (non-hydrogen) atoms. The van der Waals surface area contributed by atoms with E-state index >= 15 is 0 Å². The zero-order chi connectivity index (χ0) is 23.3. The van der Waals surface area contributed by atoms with Crippen LogP contribution < -0.4 is 0 Å². The first-order chi connectivity index (χ1) is 15.2. The monoisotopic (exact) mass is 438 g/mol. The molecule has 1 fully saturated rings. The molecule has 2 amide bonds. The minimum absolute atomic E-state index is 0.0226. The van der Waals surface area contributed by atoms with Gasteiger partial charge in [-0.1, -0.05) is 52.2 Å². The fourth-order valence-electron chi connectivity index (χ4n) is 4.48. The van der Waals surface area contributed by atoms with Crippen molar-refractivity contribution >= 4 is 23.3 Å². The standard InChI is InChI=1S/C26H34N2O4/c1-4-5-6-9-14-27-20-16-26(2,3)17-22(30)23(20)21(29)13-10-15-28-24(31)18-11-7-8-12-19(18)25(28)32/h7-8,11-12,29H,4-6,9-10,13-17H2,1-3H3/b23-21+,27-20?. The fourth-order valence-corrected chi connectivity index (χ4v) is 4.48. The second-order valence-corrected chi connectivity index (χ2v) is 9.56. The van der Waals surface area contributed by atoms with Gasteiger partial charge in [-0.2, -0.15) is 0 Å². The third kappa shape index (κ3) is 5.34. The van der Waals surface area contributed by atoms with Crippen LogP contribution in [0.15, 0.2) is 40.6 Å². The number of hydrogen-bond donors (Lipinski definition) is 1. The molecule has 0 bridgehead atoms. The lowest BCUT2D eigenvalue weighted by Gasteiger charge is -2.31. The largest absolute Gasteiger partial charge is 0.511 e. The van der Waals surface area contributed by atoms with Gasteiger partial charge >= 0.3 is 0 Å². The van der Waals surface area contributed by atoms with Crippen molar-refractivity contribution in [3.05, 3.63) is 46.7 Å². The van der Waals surface area contributed by atoms with Crippen LogP contribution >= 0.6 is 0 Å². The molecule has 1 aromatic carbocycles. The number of aliphatic imine (C=N–C) groups is 1. The molecular formula is C26H34N2O4. The Morgan fingerprint density at radius 1 is 1.00 bits per heavy atom. The fraction of sp³-hybridized carbons (Fsp3) is 0.538. The normalized spacial score (nSPS) is 20.8. The number of carbonyl (C=O) groups is 3. The maximum Gasteiger partial charge on any atom is 0.261 e. The maximum absolute atomic E-state index is 12.9. The zero-order valence-corrected chi connectivity index (χ0v) is 19.4. The summed E-state index contributed by atoms with van der Waals surface area (Å²) in [6.45, 7) is 7.12. The van der Waals surface area contributed by atoms with Crippen molar-refractivity contribution in [2.24, 2.45) is 10.4 Å². The lowest BCUT2D eigenvalue weighted by atomic mass is 9.73. The molecule has 1 aromatic rings. The average Bonchev–Trinajstić information content (AvgIpc) is 2.97. The highest BCUT2D eigenvalue weighted by atomic mass is 16.3. The quantitative estimate of drug-likeness (QED) is 0.246. The smallest absolute Gasteiger partial charge is 0.261 e. The zero-order valence-electron chi connectivity index (χ0n) is 19.4. The number of fused-ring (bicyclic) bond motifs is 1. The Balaban J connectivity index is 1.68. The van der Waals surface area contributed by atoms with Gasteiger partial charge in [0.05, 0.1) is 16.7 Å². The van der Waals surface area contributed by atoms with E-state index in [1.54, 1.807) is 24.3 Å². The van der Waals surface area contributed by atoms with Gasteiger partial charge in [0.1, 0.15) is 5.76 Å². The molecule has 1 heterocycles. The Morgan fingerprint density at radius 3 is 2.28 bits per heavy atom. The molecule has 0 unspecified atom stereocenters. The van der Waals surface area contributed by atoms with Gasteiger partial charge in [-0.05, 0) is 36.8 Å². The van der Waals surface area contributed by atoms with Crippen LogP contribution in [0.25, 0.3) is 0 Å². The lowest BCUT2D eigenvalue weighted by Crippen LogP contribution is -2.33. The molecule has 2 aliphatic rings. The second-order valence-electron chi connectivity index (χ2n) is 9.56. The van der Waals surface area contributed by atoms with Crippen LogP contribution in [0.2, 0.25) is 0 Å². The summed E-state index contributed by atoms with van der Waals surface area (Å²) in [5.41, 5.74) is 1.70. The van der Waals surface area contributed by atoms with Crippen LogP contribution in [0.1, 0.15) is 92.9 Å². The number of unbranched alkanes of at least 4 members (excludes halogenated alkanes) is 3. The molecule has 0 spiro atoms. The number of imide groups is 1. The number of ketones is 1. The molecule has 0 aromatic heterocycles. The van der Waals surface area contributed by atoms with E-state index in [1.807, 2.05) is 13.8 Å². The molecule has 3 rings (SSSR count). The van der Waals surface area contributed by atoms with Crippen LogP contribution in [-0.2, 0) is 4.79 Å². The van der Waals surface area contributed by atoms with Crippen molar-refractivity contribution < 1.29 is 19.5 Å². The molecule has 1 aliphatic carbocycles. The number of Topliss-reactive ketones (excluding diaryl/α,β-unsaturated/α-hetero) is 1. The third-order valence-corrected chi connectivity index (χ3v) is 6.13. The average molecular weight is 439 g/mol. The highest BCUT2D eigenvalue weighted by Gasteiger charge is 2.37. The predicted octanol–water partition coefficient (Wildman–Crippen LogP) is 5.29. The van der Waals surface area contributed by atoms with Crippen LogP contribution in [0.4, 0.5) is 0 Å². The van der Waals surface area contributed by atoms with Crippen LogP contribution in [0.3, 0.4) is 0 Å². The van der Waals surface area contributed by atoms with Gasteiger partial charge in [-0.3, -0.25) is 24.3 Å². The summed E-state index contributed by atoms with van der Waals surface area (Å²) in [6, 6.07) is 6.79. The summed E-state index contributed by atoms with van der Waals surface area (Å²) < 4.78 is 0. The van der Waals surface area contributed by atoms with E-state index in [1.165, 1.54) is 11.3 Å². The molecule has 1 N–H and O–H groups in total. The van der Waals surface area contributed by atoms with Gasteiger partial charge in [-0.15, -0.1) is 0 Å². The molecule has 6 heteroatoms. The van der Waals surface area contributed by atoms with E-state index in [9.17, 15) is 19.5 Å². The van der Waals surface area contributed by atoms with Crippen molar-refractivity contribution in [1.29, 1.82) is 0 Å². The Hall–Kier alpha value is -2.76. The second kappa shape index (κ2) is 10.2. The first kappa shape index (κ1) is 23.9. The summed E-state index contributed by atoms with van der Waals surface area (Å²) in [6.07, 6.45) is 6.05. The number of nitrogens with zero attached hydrogens (tertiary/aromatic N) is 2. The van der Waals surface area contributed by atoms with Gasteiger partial charge in [-0.25, -0.2) is 0 Å². The van der Waals surface area contributed by atoms with Gasteiger partial charge in [0, 0.05) is 31.6 Å². The summed E-state index contributed by atoms with van der Waals surface area (Å²) in [5.74, 6) is -0.661. The summed E-state index contributed by atoms with van der Waals surface area (Å²) in [4.78, 5) is 43.8. The van der Waals surface area contributed by atoms with Gasteiger partial charge in [0.15, 0.2) is 5.78 Å². The van der Waals surface area contributed by atoms with E-state index in [4.69, 9.17) is 4.99 Å². The van der Waals surface area contributed by atoms with E-state index in [-0.39, 0.29) is 41.7 Å². The van der Waals surface area contributed by atoms with Crippen LogP contribution in [0, 0.1) is 5.41 Å². The molecular weight excluding hydrogens is 404 g/mol. The van der Waals surface area contributed by atoms with Crippen molar-refractivity contribution in [3.63, 3.8) is 0 Å². The van der Waals surface area contributed by atoms with E-state index in [2.05, 4.69) is 6.92 Å². The molecule has 1 saturated carbocycles. The molecule has 0 saturated heterocycles. The summed E-state index contributed by atoms with van der Waals surface area (Å²) >= 11 is 0. The van der Waals surface area contributed by atoms with Crippen molar-refractivity contribution in [2.75, 3.05) is 13.1 Å². The first-order valence-corrected chi connectivity index (χ1v) is 11.7. The lowest BCUT2D eigenvalue weighted by molar-refractivity contribution is -0.117. The predicted molar refractivity (Wildman–Crippen MR) is 125 cm³/mol. The highest BCUT2D eigenvalue weighted by molar-refractivity contribution is 6.24. The van der Waals surface area contributed by atoms with Gasteiger partial charge in [0.2, 0.25) is 0 Å². The Labute approximate surface area is 190 Å². The van der Waals surface area contributed by atoms with Crippen molar-refractivity contribution in [3.8, 4) is 0 Å². The molecule has 0 radical (unpaired) electrons. The van der Waals surface area contributed by atoms with E-state index < -0.39 is 0 Å². The molecule has 0 atom stereocenters.